The van der Waals surface area contributed by atoms with Crippen molar-refractivity contribution in [2.24, 2.45) is 5.10 Å². The van der Waals surface area contributed by atoms with Crippen molar-refractivity contribution in [3.05, 3.63) is 58.8 Å². The minimum absolute atomic E-state index is 0.0808. The first kappa shape index (κ1) is 16.3. The lowest BCUT2D eigenvalue weighted by Gasteiger charge is -2.23. The molecule has 0 unspecified atom stereocenters. The van der Waals surface area contributed by atoms with E-state index in [-0.39, 0.29) is 30.1 Å². The number of carbonyl (C=O) groups is 2. The van der Waals surface area contributed by atoms with Crippen molar-refractivity contribution in [3.8, 4) is 0 Å². The van der Waals surface area contributed by atoms with Gasteiger partial charge in [-0.25, -0.2) is 9.40 Å². The van der Waals surface area contributed by atoms with E-state index in [1.54, 1.807) is 30.3 Å². The van der Waals surface area contributed by atoms with Gasteiger partial charge in [0.05, 0.1) is 11.4 Å². The van der Waals surface area contributed by atoms with Crippen molar-refractivity contribution in [2.75, 3.05) is 10.3 Å². The Morgan fingerprint density at radius 2 is 1.83 bits per heavy atom. The largest absolute Gasteiger partial charge is 0.318 e. The first-order chi connectivity index (χ1) is 11.5. The number of hydrogen-bond acceptors (Lipinski definition) is 3. The van der Waals surface area contributed by atoms with Crippen LogP contribution < -0.4 is 10.3 Å². The zero-order valence-corrected chi connectivity index (χ0v) is 14.1. The predicted molar refractivity (Wildman–Crippen MR) is 93.3 cm³/mol. The molecule has 0 bridgehead atoms. The Morgan fingerprint density at radius 1 is 1.12 bits per heavy atom. The van der Waals surface area contributed by atoms with E-state index in [9.17, 15) is 14.0 Å². The van der Waals surface area contributed by atoms with Crippen LogP contribution in [0.3, 0.4) is 0 Å². The maximum absolute atomic E-state index is 13.6. The summed E-state index contributed by atoms with van der Waals surface area (Å²) in [5.41, 5.74) is 0.831. The Kier molecular flexibility index (Phi) is 4.71. The highest BCUT2D eigenvalue weighted by Crippen LogP contribution is 2.23. The van der Waals surface area contributed by atoms with Crippen LogP contribution >= 0.6 is 15.9 Å². The van der Waals surface area contributed by atoms with Crippen molar-refractivity contribution < 1.29 is 14.0 Å². The maximum Gasteiger partial charge on any atom is 0.271 e. The van der Waals surface area contributed by atoms with Crippen LogP contribution in [0.25, 0.3) is 0 Å². The normalized spacial score (nSPS) is 14.3. The number of benzene rings is 2. The lowest BCUT2D eigenvalue weighted by Crippen LogP contribution is -2.36. The van der Waals surface area contributed by atoms with Crippen molar-refractivity contribution in [3.63, 3.8) is 0 Å². The lowest BCUT2D eigenvalue weighted by atomic mass is 10.1. The second-order valence-corrected chi connectivity index (χ2v) is 6.08. The molecule has 0 atom stereocenters. The van der Waals surface area contributed by atoms with Gasteiger partial charge in [0, 0.05) is 17.3 Å². The number of carbonyl (C=O) groups excluding carboxylic acids is 2. The third-order valence-electron chi connectivity index (χ3n) is 3.49. The third-order valence-corrected chi connectivity index (χ3v) is 4.02. The van der Waals surface area contributed by atoms with Gasteiger partial charge in [0.1, 0.15) is 11.5 Å². The molecule has 0 spiro atoms. The van der Waals surface area contributed by atoms with Gasteiger partial charge in [0.15, 0.2) is 0 Å². The molecule has 2 aromatic rings. The number of halogens is 2. The summed E-state index contributed by atoms with van der Waals surface area (Å²) in [4.78, 5) is 24.4. The van der Waals surface area contributed by atoms with Gasteiger partial charge in [0.2, 0.25) is 5.91 Å². The molecule has 2 amide bonds. The van der Waals surface area contributed by atoms with Crippen molar-refractivity contribution >= 4 is 44.8 Å². The molecule has 1 aliphatic heterocycles. The molecule has 122 valence electrons. The fraction of sp³-hybridized carbons (Fsp3) is 0.118. The highest BCUT2D eigenvalue weighted by Gasteiger charge is 2.26. The van der Waals surface area contributed by atoms with E-state index < -0.39 is 11.7 Å². The average molecular weight is 390 g/mol. The molecule has 24 heavy (non-hydrogen) atoms. The molecule has 0 saturated heterocycles. The number of hydrogen-bond donors (Lipinski definition) is 1. The smallest absolute Gasteiger partial charge is 0.271 e. The van der Waals surface area contributed by atoms with Crippen molar-refractivity contribution in [1.29, 1.82) is 0 Å². The Morgan fingerprint density at radius 3 is 2.54 bits per heavy atom. The second kappa shape index (κ2) is 6.92. The number of anilines is 2. The molecule has 1 N–H and O–H groups in total. The van der Waals surface area contributed by atoms with Crippen molar-refractivity contribution in [2.45, 2.75) is 12.8 Å². The van der Waals surface area contributed by atoms with Gasteiger partial charge in [-0.2, -0.15) is 5.10 Å². The van der Waals surface area contributed by atoms with Gasteiger partial charge in [-0.05, 0) is 36.4 Å². The van der Waals surface area contributed by atoms with Gasteiger partial charge < -0.3 is 5.32 Å². The van der Waals surface area contributed by atoms with E-state index in [4.69, 9.17) is 0 Å². The molecule has 5 nitrogen and oxygen atoms in total. The van der Waals surface area contributed by atoms with Crippen LogP contribution in [-0.4, -0.2) is 17.5 Å². The number of rotatable bonds is 3. The second-order valence-electron chi connectivity index (χ2n) is 5.16. The summed E-state index contributed by atoms with van der Waals surface area (Å²) in [6, 6.07) is 12.9. The van der Waals surface area contributed by atoms with E-state index in [2.05, 4.69) is 26.3 Å². The number of hydrazone groups is 1. The summed E-state index contributed by atoms with van der Waals surface area (Å²) in [6.45, 7) is 0. The van der Waals surface area contributed by atoms with Crippen LogP contribution in [0.5, 0.6) is 0 Å². The highest BCUT2D eigenvalue weighted by atomic mass is 79.9. The molecular formula is C17H13BrFN3O2. The summed E-state index contributed by atoms with van der Waals surface area (Å²) in [5.74, 6) is -1.24. The fourth-order valence-corrected chi connectivity index (χ4v) is 2.52. The minimum atomic E-state index is -0.525. The summed E-state index contributed by atoms with van der Waals surface area (Å²) in [5, 5.41) is 7.83. The monoisotopic (exact) mass is 389 g/mol. The highest BCUT2D eigenvalue weighted by molar-refractivity contribution is 9.10. The van der Waals surface area contributed by atoms with Gasteiger partial charge >= 0.3 is 0 Å². The first-order valence-corrected chi connectivity index (χ1v) is 8.06. The number of amides is 2. The molecule has 0 fully saturated rings. The lowest BCUT2D eigenvalue weighted by molar-refractivity contribution is -0.118. The van der Waals surface area contributed by atoms with Crippen molar-refractivity contribution in [1.82, 2.24) is 0 Å². The molecule has 2 aromatic carbocycles. The summed E-state index contributed by atoms with van der Waals surface area (Å²) in [7, 11) is 0. The number of para-hydroxylation sites is 1. The van der Waals surface area contributed by atoms with Crippen LogP contribution in [0, 0.1) is 5.82 Å². The van der Waals surface area contributed by atoms with Crippen LogP contribution in [0.1, 0.15) is 12.8 Å². The van der Waals surface area contributed by atoms with E-state index in [1.165, 1.54) is 23.2 Å². The molecule has 1 aliphatic rings. The minimum Gasteiger partial charge on any atom is -0.318 e. The number of nitrogens with zero attached hydrogens (tertiary/aromatic N) is 2. The van der Waals surface area contributed by atoms with Crippen LogP contribution in [-0.2, 0) is 9.59 Å². The molecule has 7 heteroatoms. The summed E-state index contributed by atoms with van der Waals surface area (Å²) < 4.78 is 14.5. The van der Waals surface area contributed by atoms with Gasteiger partial charge in [0.25, 0.3) is 5.91 Å². The van der Waals surface area contributed by atoms with Gasteiger partial charge in [-0.3, -0.25) is 9.59 Å². The van der Waals surface area contributed by atoms with Crippen LogP contribution in [0.2, 0.25) is 0 Å². The SMILES string of the molecule is O=C(Nc1ccccc1F)C1=NN(c2ccc(Br)cc2)C(=O)CC1. The van der Waals surface area contributed by atoms with E-state index in [1.807, 2.05) is 0 Å². The molecular weight excluding hydrogens is 377 g/mol. The van der Waals surface area contributed by atoms with Crippen LogP contribution in [0.15, 0.2) is 58.1 Å². The molecule has 0 radical (unpaired) electrons. The molecule has 0 aromatic heterocycles. The summed E-state index contributed by atoms with van der Waals surface area (Å²) in [6.07, 6.45) is 0.381. The molecule has 0 aliphatic carbocycles. The Bertz CT molecular complexity index is 821. The number of nitrogens with one attached hydrogen (secondary N) is 1. The Labute approximate surface area is 146 Å². The van der Waals surface area contributed by atoms with Crippen LogP contribution in [0.4, 0.5) is 15.8 Å². The third kappa shape index (κ3) is 3.51. The topological polar surface area (TPSA) is 61.8 Å². The van der Waals surface area contributed by atoms with Gasteiger partial charge in [-0.15, -0.1) is 0 Å². The zero-order chi connectivity index (χ0) is 17.1. The van der Waals surface area contributed by atoms with E-state index >= 15 is 0 Å². The zero-order valence-electron chi connectivity index (χ0n) is 12.5. The van der Waals surface area contributed by atoms with E-state index in [0.717, 1.165) is 4.47 Å². The maximum atomic E-state index is 13.6. The van der Waals surface area contributed by atoms with E-state index in [0.29, 0.717) is 5.69 Å². The molecule has 0 saturated carbocycles. The average Bonchev–Trinajstić information content (AvgIpc) is 2.58. The Hall–Kier alpha value is -2.54. The van der Waals surface area contributed by atoms with Gasteiger partial charge in [-0.1, -0.05) is 28.1 Å². The first-order valence-electron chi connectivity index (χ1n) is 7.26. The summed E-state index contributed by atoms with van der Waals surface area (Å²) >= 11 is 3.32. The predicted octanol–water partition coefficient (Wildman–Crippen LogP) is 3.71. The molecule has 3 rings (SSSR count). The standard InChI is InChI=1S/C17H13BrFN3O2/c18-11-5-7-12(8-6-11)22-16(23)10-9-15(21-22)17(24)20-14-4-2-1-3-13(14)19/h1-8H,9-10H2,(H,20,24). The quantitative estimate of drug-likeness (QED) is 0.869. The fourth-order valence-electron chi connectivity index (χ4n) is 2.26. The Balaban J connectivity index is 1.83. The molecule has 1 heterocycles.